The van der Waals surface area contributed by atoms with Gasteiger partial charge in [0.2, 0.25) is 11.8 Å². The minimum Gasteiger partial charge on any atom is -0.477 e. The Morgan fingerprint density at radius 3 is 2.42 bits per heavy atom. The molecule has 1 saturated carbocycles. The zero-order valence-corrected chi connectivity index (χ0v) is 19.1. The first kappa shape index (κ1) is 21.2. The Bertz CT molecular complexity index is 1070. The van der Waals surface area contributed by atoms with Crippen molar-refractivity contribution in [2.24, 2.45) is 11.8 Å². The minimum atomic E-state index is 0.0795. The van der Waals surface area contributed by atoms with Crippen LogP contribution in [0.1, 0.15) is 49.5 Å². The van der Waals surface area contributed by atoms with Crippen molar-refractivity contribution in [3.8, 4) is 22.9 Å². The lowest BCUT2D eigenvalue weighted by Crippen LogP contribution is -2.08. The molecular formula is C25H30N4O2. The molecule has 31 heavy (non-hydrogen) atoms. The van der Waals surface area contributed by atoms with Crippen molar-refractivity contribution in [1.82, 2.24) is 19.9 Å². The summed E-state index contributed by atoms with van der Waals surface area (Å²) in [6.45, 7) is 12.7. The summed E-state index contributed by atoms with van der Waals surface area (Å²) in [7, 11) is 0. The number of aryl methyl sites for hydroxylation is 3. The maximum atomic E-state index is 6.25. The van der Waals surface area contributed by atoms with Gasteiger partial charge in [0.1, 0.15) is 5.82 Å². The van der Waals surface area contributed by atoms with Crippen LogP contribution in [0.3, 0.4) is 0 Å². The van der Waals surface area contributed by atoms with Crippen molar-refractivity contribution in [3.05, 3.63) is 59.4 Å². The fourth-order valence-electron chi connectivity index (χ4n) is 4.02. The number of rotatable bonds is 7. The lowest BCUT2D eigenvalue weighted by atomic mass is 10.1. The van der Waals surface area contributed by atoms with Crippen molar-refractivity contribution in [3.63, 3.8) is 0 Å². The van der Waals surface area contributed by atoms with E-state index < -0.39 is 0 Å². The van der Waals surface area contributed by atoms with Crippen LogP contribution >= 0.6 is 0 Å². The molecule has 0 unspecified atom stereocenters. The maximum absolute atomic E-state index is 6.25. The van der Waals surface area contributed by atoms with Gasteiger partial charge in [-0.2, -0.15) is 4.98 Å². The average Bonchev–Trinajstić information content (AvgIpc) is 3.36. The summed E-state index contributed by atoms with van der Waals surface area (Å²) < 4.78 is 12.0. The van der Waals surface area contributed by atoms with E-state index in [4.69, 9.17) is 9.47 Å². The molecule has 0 aliphatic heterocycles. The van der Waals surface area contributed by atoms with Crippen LogP contribution in [0.5, 0.6) is 11.8 Å². The minimum absolute atomic E-state index is 0.0795. The number of nitrogens with zero attached hydrogens (tertiary/aromatic N) is 4. The summed E-state index contributed by atoms with van der Waals surface area (Å²) in [5, 5.41) is 0. The van der Waals surface area contributed by atoms with E-state index in [2.05, 4.69) is 45.9 Å². The van der Waals surface area contributed by atoms with E-state index in [0.29, 0.717) is 41.9 Å². The zero-order valence-electron chi connectivity index (χ0n) is 19.1. The first-order valence-electron chi connectivity index (χ1n) is 10.9. The largest absolute Gasteiger partial charge is 0.477 e. The van der Waals surface area contributed by atoms with E-state index in [-0.39, 0.29) is 6.10 Å². The Balaban J connectivity index is 1.52. The fourth-order valence-corrected chi connectivity index (χ4v) is 4.02. The van der Waals surface area contributed by atoms with E-state index in [0.717, 1.165) is 22.5 Å². The smallest absolute Gasteiger partial charge is 0.224 e. The molecule has 0 aromatic carbocycles. The van der Waals surface area contributed by atoms with Gasteiger partial charge in [-0.25, -0.2) is 9.97 Å². The average molecular weight is 419 g/mol. The van der Waals surface area contributed by atoms with Crippen LogP contribution < -0.4 is 9.47 Å². The van der Waals surface area contributed by atoms with Crippen molar-refractivity contribution in [1.29, 1.82) is 0 Å². The molecule has 162 valence electrons. The van der Waals surface area contributed by atoms with E-state index >= 15 is 0 Å². The normalized spacial score (nSPS) is 20.0. The fraction of sp³-hybridized carbons (Fsp3) is 0.440. The summed E-state index contributed by atoms with van der Waals surface area (Å²) >= 11 is 0. The van der Waals surface area contributed by atoms with Crippen LogP contribution in [-0.2, 0) is 0 Å². The Hall–Kier alpha value is -3.02. The molecule has 3 aromatic heterocycles. The molecule has 0 radical (unpaired) electrons. The molecule has 0 N–H and O–H groups in total. The van der Waals surface area contributed by atoms with Gasteiger partial charge >= 0.3 is 0 Å². The molecule has 0 bridgehead atoms. The van der Waals surface area contributed by atoms with Gasteiger partial charge in [0.05, 0.1) is 18.3 Å². The molecule has 3 atom stereocenters. The molecular weight excluding hydrogens is 388 g/mol. The van der Waals surface area contributed by atoms with Gasteiger partial charge < -0.3 is 9.47 Å². The summed E-state index contributed by atoms with van der Waals surface area (Å²) in [6.07, 6.45) is 3.84. The summed E-state index contributed by atoms with van der Waals surface area (Å²) in [6, 6.07) is 8.14. The second kappa shape index (κ2) is 8.61. The van der Waals surface area contributed by atoms with Crippen LogP contribution in [-0.4, -0.2) is 32.6 Å². The first-order valence-corrected chi connectivity index (χ1v) is 10.9. The number of ether oxygens (including phenoxy) is 2. The molecule has 3 heterocycles. The Kier molecular flexibility index (Phi) is 5.90. The molecule has 6 nitrogen and oxygen atoms in total. The number of hydrogen-bond donors (Lipinski definition) is 0. The molecule has 1 aliphatic rings. The number of pyridine rings is 2. The third-order valence-electron chi connectivity index (χ3n) is 5.83. The van der Waals surface area contributed by atoms with Gasteiger partial charge in [-0.05, 0) is 58.2 Å². The van der Waals surface area contributed by atoms with Crippen LogP contribution in [0.25, 0.3) is 11.1 Å². The topological polar surface area (TPSA) is 70.0 Å². The van der Waals surface area contributed by atoms with Crippen LogP contribution in [0.15, 0.2) is 36.7 Å². The summed E-state index contributed by atoms with van der Waals surface area (Å²) in [4.78, 5) is 18.2. The predicted octanol–water partition coefficient (Wildman–Crippen LogP) is 5.07. The van der Waals surface area contributed by atoms with Crippen molar-refractivity contribution in [2.45, 2.75) is 53.6 Å². The number of aromatic nitrogens is 4. The lowest BCUT2D eigenvalue weighted by Gasteiger charge is -2.14. The molecule has 1 fully saturated rings. The highest BCUT2D eigenvalue weighted by Gasteiger charge is 2.49. The molecule has 0 saturated heterocycles. The third-order valence-corrected chi connectivity index (χ3v) is 5.83. The van der Waals surface area contributed by atoms with E-state index in [1.807, 2.05) is 52.2 Å². The highest BCUT2D eigenvalue weighted by molar-refractivity contribution is 5.70. The maximum Gasteiger partial charge on any atom is 0.224 e. The Morgan fingerprint density at radius 1 is 0.935 bits per heavy atom. The first-order chi connectivity index (χ1) is 14.8. The SMILES string of the molecule is Cc1ccc([C@H]2[C@H](C)[C@@H]2COc2nc(C)ncc2-c2ccc(OC(C)C)nc2C)nc1. The zero-order chi connectivity index (χ0) is 22.1. The summed E-state index contributed by atoms with van der Waals surface area (Å²) in [5.74, 6) is 3.31. The number of hydrogen-bond acceptors (Lipinski definition) is 6. The van der Waals surface area contributed by atoms with Crippen LogP contribution in [0.4, 0.5) is 0 Å². The van der Waals surface area contributed by atoms with Gasteiger partial charge in [-0.1, -0.05) is 13.0 Å². The molecule has 4 rings (SSSR count). The quantitative estimate of drug-likeness (QED) is 0.533. The Morgan fingerprint density at radius 2 is 1.74 bits per heavy atom. The molecule has 6 heteroatoms. The monoisotopic (exact) mass is 418 g/mol. The van der Waals surface area contributed by atoms with Crippen molar-refractivity contribution in [2.75, 3.05) is 6.61 Å². The van der Waals surface area contributed by atoms with Crippen LogP contribution in [0, 0.1) is 32.6 Å². The van der Waals surface area contributed by atoms with E-state index in [1.54, 1.807) is 0 Å². The highest BCUT2D eigenvalue weighted by atomic mass is 16.5. The van der Waals surface area contributed by atoms with Crippen molar-refractivity contribution >= 4 is 0 Å². The third kappa shape index (κ3) is 4.68. The predicted molar refractivity (Wildman–Crippen MR) is 120 cm³/mol. The van der Waals surface area contributed by atoms with Crippen molar-refractivity contribution < 1.29 is 9.47 Å². The van der Waals surface area contributed by atoms with Gasteiger partial charge in [-0.3, -0.25) is 4.98 Å². The summed E-state index contributed by atoms with van der Waals surface area (Å²) in [5.41, 5.74) is 4.99. The van der Waals surface area contributed by atoms with Gasteiger partial charge in [0.15, 0.2) is 0 Å². The van der Waals surface area contributed by atoms with Gasteiger partial charge in [0.25, 0.3) is 0 Å². The lowest BCUT2D eigenvalue weighted by molar-refractivity contribution is 0.232. The molecule has 1 aliphatic carbocycles. The van der Waals surface area contributed by atoms with Crippen LogP contribution in [0.2, 0.25) is 0 Å². The molecule has 0 amide bonds. The van der Waals surface area contributed by atoms with Gasteiger partial charge in [-0.15, -0.1) is 0 Å². The molecule has 0 spiro atoms. The Labute approximate surface area is 184 Å². The second-order valence-corrected chi connectivity index (χ2v) is 8.71. The van der Waals surface area contributed by atoms with E-state index in [9.17, 15) is 0 Å². The second-order valence-electron chi connectivity index (χ2n) is 8.71. The van der Waals surface area contributed by atoms with E-state index in [1.165, 1.54) is 5.56 Å². The highest BCUT2D eigenvalue weighted by Crippen LogP contribution is 2.53. The van der Waals surface area contributed by atoms with Gasteiger partial charge in [0, 0.05) is 47.2 Å². The molecule has 3 aromatic rings. The standard InChI is InChI=1S/C25H30N4O2/c1-14(2)31-23-10-8-19(17(5)28-23)20-12-26-18(6)29-25(20)30-13-21-16(4)24(21)22-9-7-15(3)11-27-22/h7-12,14,16,21,24H,13H2,1-6H3/t16-,21+,24+/m1/s1.